The van der Waals surface area contributed by atoms with E-state index in [2.05, 4.69) is 27.7 Å². The van der Waals surface area contributed by atoms with Crippen LogP contribution in [0.15, 0.2) is 0 Å². The zero-order valence-electron chi connectivity index (χ0n) is 31.0. The highest BCUT2D eigenvalue weighted by Gasteiger charge is 2.19. The normalized spacial score (nSPS) is 11.9. The smallest absolute Gasteiger partial charge is 0.306 e. The molecular formula is C40H76O6. The predicted octanol–water partition coefficient (Wildman–Crippen LogP) is 12.0. The minimum Gasteiger partial charge on any atom is -0.462 e. The molecule has 6 nitrogen and oxygen atoms in total. The highest BCUT2D eigenvalue weighted by atomic mass is 16.6. The molecule has 46 heavy (non-hydrogen) atoms. The number of esters is 3. The van der Waals surface area contributed by atoms with Crippen LogP contribution in [0, 0.1) is 5.92 Å². The van der Waals surface area contributed by atoms with Gasteiger partial charge in [0.25, 0.3) is 0 Å². The average Bonchev–Trinajstić information content (AvgIpc) is 3.03. The van der Waals surface area contributed by atoms with Gasteiger partial charge in [0.1, 0.15) is 13.2 Å². The van der Waals surface area contributed by atoms with Crippen LogP contribution >= 0.6 is 0 Å². The molecule has 0 aliphatic heterocycles. The minimum atomic E-state index is -0.756. The summed E-state index contributed by atoms with van der Waals surface area (Å²) in [5, 5.41) is 0. The van der Waals surface area contributed by atoms with Crippen molar-refractivity contribution in [3.05, 3.63) is 0 Å². The Morgan fingerprint density at radius 3 is 1.07 bits per heavy atom. The monoisotopic (exact) mass is 653 g/mol. The molecule has 0 aromatic rings. The lowest BCUT2D eigenvalue weighted by Crippen LogP contribution is -2.30. The van der Waals surface area contributed by atoms with Gasteiger partial charge in [0.2, 0.25) is 0 Å². The number of hydrogen-bond acceptors (Lipinski definition) is 6. The maximum absolute atomic E-state index is 12.5. The Hall–Kier alpha value is -1.59. The van der Waals surface area contributed by atoms with Gasteiger partial charge in [-0.1, -0.05) is 175 Å². The van der Waals surface area contributed by atoms with Crippen molar-refractivity contribution < 1.29 is 28.6 Å². The van der Waals surface area contributed by atoms with Gasteiger partial charge in [0.05, 0.1) is 0 Å². The van der Waals surface area contributed by atoms with Crippen LogP contribution < -0.4 is 0 Å². The first-order valence-corrected chi connectivity index (χ1v) is 19.9. The van der Waals surface area contributed by atoms with Crippen molar-refractivity contribution in [2.45, 2.75) is 220 Å². The number of carbonyl (C=O) groups excluding carboxylic acids is 3. The van der Waals surface area contributed by atoms with Crippen molar-refractivity contribution >= 4 is 17.9 Å². The van der Waals surface area contributed by atoms with Gasteiger partial charge in [-0.25, -0.2) is 0 Å². The maximum atomic E-state index is 12.5. The summed E-state index contributed by atoms with van der Waals surface area (Å²) in [5.74, 6) is -0.0699. The molecule has 0 heterocycles. The van der Waals surface area contributed by atoms with Crippen LogP contribution in [0.1, 0.15) is 214 Å². The van der Waals surface area contributed by atoms with Crippen LogP contribution in [-0.2, 0) is 28.6 Å². The summed E-state index contributed by atoms with van der Waals surface area (Å²) in [7, 11) is 0. The van der Waals surface area contributed by atoms with Gasteiger partial charge < -0.3 is 14.2 Å². The number of rotatable bonds is 35. The lowest BCUT2D eigenvalue weighted by molar-refractivity contribution is -0.167. The highest BCUT2D eigenvalue weighted by molar-refractivity contribution is 5.71. The second kappa shape index (κ2) is 34.7. The van der Waals surface area contributed by atoms with Crippen molar-refractivity contribution in [1.82, 2.24) is 0 Å². The second-order valence-corrected chi connectivity index (χ2v) is 14.0. The van der Waals surface area contributed by atoms with Crippen molar-refractivity contribution in [1.29, 1.82) is 0 Å². The molecule has 0 aromatic heterocycles. The molecule has 0 bridgehead atoms. The second-order valence-electron chi connectivity index (χ2n) is 14.0. The number of carbonyl (C=O) groups is 3. The van der Waals surface area contributed by atoms with Gasteiger partial charge >= 0.3 is 17.9 Å². The van der Waals surface area contributed by atoms with Gasteiger partial charge in [-0.2, -0.15) is 0 Å². The molecular weight excluding hydrogens is 576 g/mol. The van der Waals surface area contributed by atoms with E-state index in [1.54, 1.807) is 0 Å². The van der Waals surface area contributed by atoms with Crippen LogP contribution in [0.3, 0.4) is 0 Å². The van der Waals surface area contributed by atoms with Crippen molar-refractivity contribution in [2.75, 3.05) is 13.2 Å². The highest BCUT2D eigenvalue weighted by Crippen LogP contribution is 2.15. The van der Waals surface area contributed by atoms with Crippen molar-refractivity contribution in [3.63, 3.8) is 0 Å². The zero-order chi connectivity index (χ0) is 33.9. The standard InChI is InChI=1S/C40H76O6/c1-5-7-9-11-12-13-14-17-20-24-27-31-38(41)44-34-37(46-40(43)33-29-22-10-8-6-2)35-45-39(42)32-28-25-21-18-15-16-19-23-26-30-36(3)4/h36-37H,5-35H2,1-4H3/t37-/m1/s1. The van der Waals surface area contributed by atoms with Crippen LogP contribution in [-0.4, -0.2) is 37.2 Å². The van der Waals surface area contributed by atoms with Crippen molar-refractivity contribution in [2.24, 2.45) is 5.92 Å². The molecule has 0 rings (SSSR count). The Bertz CT molecular complexity index is 691. The van der Waals surface area contributed by atoms with E-state index in [9.17, 15) is 14.4 Å². The van der Waals surface area contributed by atoms with Gasteiger partial charge in [-0.15, -0.1) is 0 Å². The largest absolute Gasteiger partial charge is 0.462 e. The third-order valence-electron chi connectivity index (χ3n) is 8.79. The lowest BCUT2D eigenvalue weighted by atomic mass is 10.0. The Morgan fingerprint density at radius 1 is 0.413 bits per heavy atom. The molecule has 0 aromatic carbocycles. The van der Waals surface area contributed by atoms with E-state index >= 15 is 0 Å². The predicted molar refractivity (Wildman–Crippen MR) is 192 cm³/mol. The quantitative estimate of drug-likeness (QED) is 0.0385. The SMILES string of the molecule is CCCCCCCCCCCCCC(=O)OC[C@H](COC(=O)CCCCCCCCCCCC(C)C)OC(=O)CCCCCCC. The molecule has 0 amide bonds. The summed E-state index contributed by atoms with van der Waals surface area (Å²) in [4.78, 5) is 37.2. The minimum absolute atomic E-state index is 0.0663. The molecule has 0 fully saturated rings. The molecule has 0 radical (unpaired) electrons. The van der Waals surface area contributed by atoms with E-state index in [-0.39, 0.29) is 31.1 Å². The fraction of sp³-hybridized carbons (Fsp3) is 0.925. The van der Waals surface area contributed by atoms with Gasteiger partial charge in [-0.3, -0.25) is 14.4 Å². The Morgan fingerprint density at radius 2 is 0.717 bits per heavy atom. The van der Waals surface area contributed by atoms with E-state index in [4.69, 9.17) is 14.2 Å². The lowest BCUT2D eigenvalue weighted by Gasteiger charge is -2.18. The molecule has 1 atom stereocenters. The van der Waals surface area contributed by atoms with Crippen LogP contribution in [0.4, 0.5) is 0 Å². The van der Waals surface area contributed by atoms with E-state index in [1.807, 2.05) is 0 Å². The summed E-state index contributed by atoms with van der Waals surface area (Å²) >= 11 is 0. The fourth-order valence-electron chi connectivity index (χ4n) is 5.74. The molecule has 0 saturated heterocycles. The van der Waals surface area contributed by atoms with Gasteiger partial charge in [-0.05, 0) is 25.2 Å². The molecule has 0 saturated carbocycles. The summed E-state index contributed by atoms with van der Waals surface area (Å²) in [6.45, 7) is 8.86. The van der Waals surface area contributed by atoms with E-state index in [0.717, 1.165) is 70.1 Å². The number of unbranched alkanes of at least 4 members (excludes halogenated alkanes) is 22. The Labute approximate surface area is 285 Å². The van der Waals surface area contributed by atoms with Gasteiger partial charge in [0.15, 0.2) is 6.10 Å². The summed E-state index contributed by atoms with van der Waals surface area (Å²) in [6.07, 6.45) is 31.2. The summed E-state index contributed by atoms with van der Waals surface area (Å²) in [6, 6.07) is 0. The first kappa shape index (κ1) is 44.4. The third kappa shape index (κ3) is 33.8. The first-order chi connectivity index (χ1) is 22.4. The van der Waals surface area contributed by atoms with Crippen LogP contribution in [0.5, 0.6) is 0 Å². The van der Waals surface area contributed by atoms with Crippen LogP contribution in [0.2, 0.25) is 0 Å². The third-order valence-corrected chi connectivity index (χ3v) is 8.79. The zero-order valence-corrected chi connectivity index (χ0v) is 31.0. The van der Waals surface area contributed by atoms with Crippen LogP contribution in [0.25, 0.3) is 0 Å². The molecule has 0 aliphatic rings. The Balaban J connectivity index is 4.22. The maximum Gasteiger partial charge on any atom is 0.306 e. The topological polar surface area (TPSA) is 78.9 Å². The number of hydrogen-bond donors (Lipinski definition) is 0. The van der Waals surface area contributed by atoms with E-state index in [0.29, 0.717) is 19.3 Å². The molecule has 0 spiro atoms. The van der Waals surface area contributed by atoms with E-state index in [1.165, 1.54) is 103 Å². The molecule has 0 N–H and O–H groups in total. The Kier molecular flexibility index (Phi) is 33.5. The first-order valence-electron chi connectivity index (χ1n) is 19.9. The number of ether oxygens (including phenoxy) is 3. The van der Waals surface area contributed by atoms with Crippen molar-refractivity contribution in [3.8, 4) is 0 Å². The fourth-order valence-corrected chi connectivity index (χ4v) is 5.74. The summed E-state index contributed by atoms with van der Waals surface area (Å²) in [5.41, 5.74) is 0. The van der Waals surface area contributed by atoms with Gasteiger partial charge in [0, 0.05) is 19.3 Å². The van der Waals surface area contributed by atoms with E-state index < -0.39 is 6.10 Å². The summed E-state index contributed by atoms with van der Waals surface area (Å²) < 4.78 is 16.5. The molecule has 0 aliphatic carbocycles. The molecule has 272 valence electrons. The molecule has 0 unspecified atom stereocenters. The average molecular weight is 653 g/mol. The molecule has 6 heteroatoms.